The van der Waals surface area contributed by atoms with Gasteiger partial charge in [-0.1, -0.05) is 19.3 Å². The predicted molar refractivity (Wildman–Crippen MR) is 113 cm³/mol. The van der Waals surface area contributed by atoms with Gasteiger partial charge in [-0.15, -0.1) is 0 Å². The highest BCUT2D eigenvalue weighted by Crippen LogP contribution is 2.25. The SMILES string of the molecule is O=C(NC1CCN(CC2CCCCC2)CC1)N1CCN(c2ccncc2)CC1. The first-order chi connectivity index (χ1) is 13.8. The van der Waals surface area contributed by atoms with Crippen LogP contribution in [-0.4, -0.2) is 72.7 Å². The maximum Gasteiger partial charge on any atom is 0.317 e. The number of aromatic nitrogens is 1. The summed E-state index contributed by atoms with van der Waals surface area (Å²) < 4.78 is 0. The molecule has 4 rings (SSSR count). The Hall–Kier alpha value is -1.82. The fourth-order valence-corrected chi connectivity index (χ4v) is 4.98. The van der Waals surface area contributed by atoms with Crippen molar-refractivity contribution < 1.29 is 4.79 Å². The van der Waals surface area contributed by atoms with Gasteiger partial charge in [0.2, 0.25) is 0 Å². The van der Waals surface area contributed by atoms with E-state index in [1.54, 1.807) is 0 Å². The van der Waals surface area contributed by atoms with Crippen LogP contribution in [0.3, 0.4) is 0 Å². The minimum absolute atomic E-state index is 0.125. The van der Waals surface area contributed by atoms with Crippen LogP contribution in [0.1, 0.15) is 44.9 Å². The third kappa shape index (κ3) is 5.16. The third-order valence-electron chi connectivity index (χ3n) is 6.75. The number of rotatable bonds is 4. The number of piperidine rings is 1. The third-order valence-corrected chi connectivity index (χ3v) is 6.75. The summed E-state index contributed by atoms with van der Waals surface area (Å²) in [6.07, 6.45) is 13.0. The zero-order chi connectivity index (χ0) is 19.2. The summed E-state index contributed by atoms with van der Waals surface area (Å²) in [5.74, 6) is 0.914. The molecule has 3 aliphatic rings. The van der Waals surface area contributed by atoms with Gasteiger partial charge < -0.3 is 20.0 Å². The molecule has 1 aromatic rings. The molecule has 2 aliphatic heterocycles. The number of hydrogen-bond donors (Lipinski definition) is 1. The molecule has 1 aromatic heterocycles. The van der Waals surface area contributed by atoms with Crippen LogP contribution in [0.25, 0.3) is 0 Å². The van der Waals surface area contributed by atoms with Crippen LogP contribution in [0.2, 0.25) is 0 Å². The lowest BCUT2D eigenvalue weighted by molar-refractivity contribution is 0.148. The number of piperazine rings is 1. The lowest BCUT2D eigenvalue weighted by Gasteiger charge is -2.38. The van der Waals surface area contributed by atoms with E-state index in [9.17, 15) is 4.79 Å². The lowest BCUT2D eigenvalue weighted by atomic mass is 9.88. The van der Waals surface area contributed by atoms with Gasteiger partial charge in [0.15, 0.2) is 0 Å². The van der Waals surface area contributed by atoms with Gasteiger partial charge in [0.25, 0.3) is 0 Å². The Morgan fingerprint density at radius 1 is 0.929 bits per heavy atom. The van der Waals surface area contributed by atoms with Crippen molar-refractivity contribution in [3.05, 3.63) is 24.5 Å². The van der Waals surface area contributed by atoms with E-state index in [0.717, 1.165) is 58.0 Å². The molecule has 1 N–H and O–H groups in total. The Bertz CT molecular complexity index is 603. The quantitative estimate of drug-likeness (QED) is 0.866. The molecule has 3 fully saturated rings. The molecule has 1 saturated carbocycles. The van der Waals surface area contributed by atoms with E-state index in [1.165, 1.54) is 44.3 Å². The molecule has 2 saturated heterocycles. The fraction of sp³-hybridized carbons (Fsp3) is 0.727. The van der Waals surface area contributed by atoms with Crippen LogP contribution >= 0.6 is 0 Å². The van der Waals surface area contributed by atoms with Crippen LogP contribution < -0.4 is 10.2 Å². The first kappa shape index (κ1) is 19.5. The summed E-state index contributed by atoms with van der Waals surface area (Å²) in [4.78, 5) is 23.7. The van der Waals surface area contributed by atoms with Crippen molar-refractivity contribution in [3.8, 4) is 0 Å². The number of nitrogens with one attached hydrogen (secondary N) is 1. The van der Waals surface area contributed by atoms with E-state index in [0.29, 0.717) is 6.04 Å². The maximum atomic E-state index is 12.7. The molecule has 0 unspecified atom stereocenters. The topological polar surface area (TPSA) is 51.7 Å². The minimum atomic E-state index is 0.125. The van der Waals surface area contributed by atoms with Crippen molar-refractivity contribution in [1.82, 2.24) is 20.1 Å². The van der Waals surface area contributed by atoms with E-state index in [2.05, 4.69) is 20.1 Å². The van der Waals surface area contributed by atoms with Crippen LogP contribution in [0, 0.1) is 5.92 Å². The average Bonchev–Trinajstić information content (AvgIpc) is 2.76. The van der Waals surface area contributed by atoms with Crippen LogP contribution in [0.4, 0.5) is 10.5 Å². The van der Waals surface area contributed by atoms with Gasteiger partial charge >= 0.3 is 6.03 Å². The molecule has 154 valence electrons. The molecular formula is C22H35N5O. The molecule has 6 heteroatoms. The highest BCUT2D eigenvalue weighted by atomic mass is 16.2. The second-order valence-electron chi connectivity index (χ2n) is 8.71. The first-order valence-electron chi connectivity index (χ1n) is 11.2. The lowest BCUT2D eigenvalue weighted by Crippen LogP contribution is -2.55. The molecule has 3 heterocycles. The van der Waals surface area contributed by atoms with E-state index in [4.69, 9.17) is 0 Å². The Kier molecular flexibility index (Phi) is 6.68. The van der Waals surface area contributed by atoms with Crippen molar-refractivity contribution in [2.24, 2.45) is 5.92 Å². The summed E-state index contributed by atoms with van der Waals surface area (Å²) in [7, 11) is 0. The van der Waals surface area contributed by atoms with Crippen molar-refractivity contribution in [3.63, 3.8) is 0 Å². The van der Waals surface area contributed by atoms with E-state index >= 15 is 0 Å². The number of carbonyl (C=O) groups excluding carboxylic acids is 1. The predicted octanol–water partition coefficient (Wildman–Crippen LogP) is 2.96. The molecule has 0 spiro atoms. The van der Waals surface area contributed by atoms with Gasteiger partial charge in [-0.05, 0) is 43.7 Å². The zero-order valence-electron chi connectivity index (χ0n) is 17.1. The second-order valence-corrected chi connectivity index (χ2v) is 8.71. The molecule has 6 nitrogen and oxygen atoms in total. The molecule has 2 amide bonds. The largest absolute Gasteiger partial charge is 0.368 e. The van der Waals surface area contributed by atoms with Crippen molar-refractivity contribution >= 4 is 11.7 Å². The number of likely N-dealkylation sites (tertiary alicyclic amines) is 1. The number of urea groups is 1. The number of carbonyl (C=O) groups is 1. The summed E-state index contributed by atoms with van der Waals surface area (Å²) in [5, 5.41) is 3.30. The summed E-state index contributed by atoms with van der Waals surface area (Å²) in [6, 6.07) is 4.54. The van der Waals surface area contributed by atoms with Crippen LogP contribution in [-0.2, 0) is 0 Å². The van der Waals surface area contributed by atoms with Gasteiger partial charge in [-0.2, -0.15) is 0 Å². The molecule has 0 atom stereocenters. The van der Waals surface area contributed by atoms with E-state index in [1.807, 2.05) is 29.4 Å². The van der Waals surface area contributed by atoms with E-state index in [-0.39, 0.29) is 6.03 Å². The van der Waals surface area contributed by atoms with E-state index < -0.39 is 0 Å². The first-order valence-corrected chi connectivity index (χ1v) is 11.2. The van der Waals surface area contributed by atoms with Crippen LogP contribution in [0.5, 0.6) is 0 Å². The maximum absolute atomic E-state index is 12.7. The average molecular weight is 386 g/mol. The fourth-order valence-electron chi connectivity index (χ4n) is 4.98. The monoisotopic (exact) mass is 385 g/mol. The van der Waals surface area contributed by atoms with Gasteiger partial charge in [0.1, 0.15) is 0 Å². The summed E-state index contributed by atoms with van der Waals surface area (Å²) in [6.45, 7) is 6.89. The van der Waals surface area contributed by atoms with Crippen molar-refractivity contribution in [2.75, 3.05) is 50.7 Å². The number of nitrogens with zero attached hydrogens (tertiary/aromatic N) is 4. The molecule has 0 radical (unpaired) electrons. The number of anilines is 1. The normalized spacial score (nSPS) is 23.0. The minimum Gasteiger partial charge on any atom is -0.368 e. The number of pyridine rings is 1. The Balaban J connectivity index is 1.16. The Morgan fingerprint density at radius 2 is 1.61 bits per heavy atom. The van der Waals surface area contributed by atoms with Crippen molar-refractivity contribution in [2.45, 2.75) is 51.0 Å². The van der Waals surface area contributed by atoms with Gasteiger partial charge in [0, 0.05) is 69.9 Å². The van der Waals surface area contributed by atoms with Gasteiger partial charge in [0.05, 0.1) is 0 Å². The standard InChI is InChI=1S/C22H35N5O/c28-22(27-16-14-26(15-17-27)21-6-10-23-11-7-21)24-20-8-12-25(13-9-20)18-19-4-2-1-3-5-19/h6-7,10-11,19-20H,1-5,8-9,12-18H2,(H,24,28). The molecule has 28 heavy (non-hydrogen) atoms. The summed E-state index contributed by atoms with van der Waals surface area (Å²) >= 11 is 0. The van der Waals surface area contributed by atoms with Crippen molar-refractivity contribution in [1.29, 1.82) is 0 Å². The molecular weight excluding hydrogens is 350 g/mol. The molecule has 0 bridgehead atoms. The smallest absolute Gasteiger partial charge is 0.317 e. The Labute approximate surface area is 169 Å². The van der Waals surface area contributed by atoms with Crippen LogP contribution in [0.15, 0.2) is 24.5 Å². The Morgan fingerprint density at radius 3 is 2.29 bits per heavy atom. The molecule has 0 aromatic carbocycles. The second kappa shape index (κ2) is 9.59. The number of amides is 2. The van der Waals surface area contributed by atoms with Gasteiger partial charge in [-0.25, -0.2) is 4.79 Å². The number of hydrogen-bond acceptors (Lipinski definition) is 4. The highest BCUT2D eigenvalue weighted by Gasteiger charge is 2.26. The van der Waals surface area contributed by atoms with Gasteiger partial charge in [-0.3, -0.25) is 4.98 Å². The summed E-state index contributed by atoms with van der Waals surface area (Å²) in [5.41, 5.74) is 1.19. The zero-order valence-corrected chi connectivity index (χ0v) is 17.1. The molecule has 1 aliphatic carbocycles. The highest BCUT2D eigenvalue weighted by molar-refractivity contribution is 5.75.